The first-order valence-electron chi connectivity index (χ1n) is 6.69. The van der Waals surface area contributed by atoms with E-state index in [2.05, 4.69) is 15.0 Å². The Hall–Kier alpha value is -1.83. The Kier molecular flexibility index (Phi) is 3.27. The average molecular weight is 299 g/mol. The van der Waals surface area contributed by atoms with E-state index in [0.717, 1.165) is 19.3 Å². The van der Waals surface area contributed by atoms with Crippen LogP contribution in [-0.2, 0) is 13.2 Å². The Morgan fingerprint density at radius 1 is 1.05 bits per heavy atom. The molecular weight excluding hydrogens is 283 g/mol. The van der Waals surface area contributed by atoms with Crippen molar-refractivity contribution in [2.75, 3.05) is 38.1 Å². The number of hydrogen-bond donors (Lipinski definition) is 0. The lowest BCUT2D eigenvalue weighted by atomic mass is 10.1. The van der Waals surface area contributed by atoms with Gasteiger partial charge in [-0.25, -0.2) is 4.98 Å². The van der Waals surface area contributed by atoms with Gasteiger partial charge >= 0.3 is 6.18 Å². The number of aryl methyl sites for hydroxylation is 1. The first-order chi connectivity index (χ1) is 9.88. The van der Waals surface area contributed by atoms with Gasteiger partial charge in [-0.1, -0.05) is 0 Å². The van der Waals surface area contributed by atoms with Gasteiger partial charge in [0.15, 0.2) is 5.65 Å². The Balaban J connectivity index is 2.16. The number of nitrogens with zero attached hydrogens (tertiary/aromatic N) is 5. The third kappa shape index (κ3) is 2.44. The molecule has 1 saturated heterocycles. The van der Waals surface area contributed by atoms with Crippen LogP contribution in [0, 0.1) is 0 Å². The molecule has 114 valence electrons. The number of hydrogen-bond acceptors (Lipinski definition) is 4. The summed E-state index contributed by atoms with van der Waals surface area (Å²) < 4.78 is 41.4. The van der Waals surface area contributed by atoms with E-state index in [4.69, 9.17) is 0 Å². The number of aromatic nitrogens is 3. The summed E-state index contributed by atoms with van der Waals surface area (Å²) in [7, 11) is 3.64. The monoisotopic (exact) mass is 299 g/mol. The molecule has 2 aromatic heterocycles. The standard InChI is InChI=1S/C13H16F3N5/c1-19-3-5-21(6-4-19)11-9-7-18-20(2)12(9)17-8-10(11)13(14,15)16/h7-8H,3-6H2,1-2H3. The summed E-state index contributed by atoms with van der Waals surface area (Å²) in [5.41, 5.74) is -0.0156. The third-order valence-corrected chi connectivity index (χ3v) is 3.86. The van der Waals surface area contributed by atoms with E-state index >= 15 is 0 Å². The highest BCUT2D eigenvalue weighted by molar-refractivity contribution is 5.91. The fourth-order valence-corrected chi connectivity index (χ4v) is 2.66. The number of rotatable bonds is 1. The van der Waals surface area contributed by atoms with Gasteiger partial charge < -0.3 is 9.80 Å². The number of anilines is 1. The quantitative estimate of drug-likeness (QED) is 0.804. The van der Waals surface area contributed by atoms with Crippen molar-refractivity contribution in [3.63, 3.8) is 0 Å². The van der Waals surface area contributed by atoms with Crippen LogP contribution >= 0.6 is 0 Å². The molecule has 0 bridgehead atoms. The summed E-state index contributed by atoms with van der Waals surface area (Å²) in [6.45, 7) is 2.60. The molecule has 8 heteroatoms. The van der Waals surface area contributed by atoms with Gasteiger partial charge in [-0.05, 0) is 7.05 Å². The van der Waals surface area contributed by atoms with Crippen LogP contribution in [0.15, 0.2) is 12.4 Å². The maximum Gasteiger partial charge on any atom is 0.419 e. The zero-order valence-corrected chi connectivity index (χ0v) is 11.9. The lowest BCUT2D eigenvalue weighted by molar-refractivity contribution is -0.137. The smallest absolute Gasteiger partial charge is 0.368 e. The molecule has 1 aliphatic rings. The van der Waals surface area contributed by atoms with Gasteiger partial charge in [-0.2, -0.15) is 18.3 Å². The van der Waals surface area contributed by atoms with Gasteiger partial charge in [0.25, 0.3) is 0 Å². The van der Waals surface area contributed by atoms with E-state index < -0.39 is 11.7 Å². The first kappa shape index (κ1) is 14.1. The molecule has 0 atom stereocenters. The van der Waals surface area contributed by atoms with Crippen LogP contribution in [0.5, 0.6) is 0 Å². The van der Waals surface area contributed by atoms with Crippen LogP contribution in [-0.4, -0.2) is 52.9 Å². The maximum atomic E-state index is 13.3. The Labute approximate surface area is 120 Å². The van der Waals surface area contributed by atoms with Crippen molar-refractivity contribution in [3.8, 4) is 0 Å². The topological polar surface area (TPSA) is 37.2 Å². The fraction of sp³-hybridized carbons (Fsp3) is 0.538. The number of halogens is 3. The first-order valence-corrected chi connectivity index (χ1v) is 6.69. The molecule has 0 aliphatic carbocycles. The highest BCUT2D eigenvalue weighted by atomic mass is 19.4. The van der Waals surface area contributed by atoms with Crippen LogP contribution in [0.2, 0.25) is 0 Å². The minimum atomic E-state index is -4.42. The van der Waals surface area contributed by atoms with Gasteiger partial charge in [-0.15, -0.1) is 0 Å². The van der Waals surface area contributed by atoms with Gasteiger partial charge in [-0.3, -0.25) is 4.68 Å². The second-order valence-electron chi connectivity index (χ2n) is 5.31. The van der Waals surface area contributed by atoms with E-state index in [1.165, 1.54) is 10.9 Å². The number of alkyl halides is 3. The van der Waals surface area contributed by atoms with Crippen molar-refractivity contribution in [1.29, 1.82) is 0 Å². The molecule has 0 saturated carbocycles. The highest BCUT2D eigenvalue weighted by Gasteiger charge is 2.37. The van der Waals surface area contributed by atoms with Gasteiger partial charge in [0.05, 0.1) is 22.8 Å². The second kappa shape index (κ2) is 4.87. The van der Waals surface area contributed by atoms with Crippen molar-refractivity contribution in [2.45, 2.75) is 6.18 Å². The predicted molar refractivity (Wildman–Crippen MR) is 73.2 cm³/mol. The second-order valence-corrected chi connectivity index (χ2v) is 5.31. The molecule has 1 aliphatic heterocycles. The molecule has 0 spiro atoms. The number of likely N-dealkylation sites (N-methyl/N-ethyl adjacent to an activating group) is 1. The minimum absolute atomic E-state index is 0.203. The van der Waals surface area contributed by atoms with Crippen molar-refractivity contribution in [2.24, 2.45) is 7.05 Å². The summed E-state index contributed by atoms with van der Waals surface area (Å²) in [6, 6.07) is 0. The molecule has 0 unspecified atom stereocenters. The summed E-state index contributed by atoms with van der Waals surface area (Å²) in [4.78, 5) is 7.81. The molecule has 0 amide bonds. The molecule has 3 rings (SSSR count). The van der Waals surface area contributed by atoms with E-state index in [1.807, 2.05) is 7.05 Å². The molecule has 0 aromatic carbocycles. The average Bonchev–Trinajstić information content (AvgIpc) is 2.80. The summed E-state index contributed by atoms with van der Waals surface area (Å²) in [5.74, 6) is 0. The van der Waals surface area contributed by atoms with E-state index in [9.17, 15) is 13.2 Å². The van der Waals surface area contributed by atoms with Gasteiger partial charge in [0.2, 0.25) is 0 Å². The lowest BCUT2D eigenvalue weighted by Gasteiger charge is -2.35. The van der Waals surface area contributed by atoms with Crippen molar-refractivity contribution in [3.05, 3.63) is 18.0 Å². The molecule has 2 aromatic rings. The van der Waals surface area contributed by atoms with Crippen molar-refractivity contribution >= 4 is 16.7 Å². The molecule has 0 N–H and O–H groups in total. The molecule has 3 heterocycles. The van der Waals surface area contributed by atoms with Crippen LogP contribution in [0.3, 0.4) is 0 Å². The number of piperazine rings is 1. The Morgan fingerprint density at radius 3 is 2.33 bits per heavy atom. The number of pyridine rings is 1. The van der Waals surface area contributed by atoms with Gasteiger partial charge in [0, 0.05) is 39.4 Å². The number of fused-ring (bicyclic) bond motifs is 1. The SMILES string of the molecule is CN1CCN(c2c(C(F)(F)F)cnc3c2cnn3C)CC1. The molecular formula is C13H16F3N5. The summed E-state index contributed by atoms with van der Waals surface area (Å²) in [5, 5.41) is 4.49. The largest absolute Gasteiger partial charge is 0.419 e. The Bertz CT molecular complexity index is 656. The normalized spacial score (nSPS) is 17.7. The van der Waals surface area contributed by atoms with Crippen molar-refractivity contribution in [1.82, 2.24) is 19.7 Å². The van der Waals surface area contributed by atoms with Crippen LogP contribution < -0.4 is 4.90 Å². The van der Waals surface area contributed by atoms with E-state index in [0.29, 0.717) is 24.1 Å². The molecule has 5 nitrogen and oxygen atoms in total. The van der Waals surface area contributed by atoms with E-state index in [1.54, 1.807) is 11.9 Å². The third-order valence-electron chi connectivity index (χ3n) is 3.86. The van der Waals surface area contributed by atoms with Gasteiger partial charge in [0.1, 0.15) is 0 Å². The minimum Gasteiger partial charge on any atom is -0.368 e. The summed E-state index contributed by atoms with van der Waals surface area (Å²) >= 11 is 0. The van der Waals surface area contributed by atoms with Crippen LogP contribution in [0.1, 0.15) is 5.56 Å². The lowest BCUT2D eigenvalue weighted by Crippen LogP contribution is -2.45. The predicted octanol–water partition coefficient (Wildman–Crippen LogP) is 1.74. The highest BCUT2D eigenvalue weighted by Crippen LogP contribution is 2.40. The van der Waals surface area contributed by atoms with Crippen molar-refractivity contribution < 1.29 is 13.2 Å². The van der Waals surface area contributed by atoms with Crippen LogP contribution in [0.25, 0.3) is 11.0 Å². The molecule has 21 heavy (non-hydrogen) atoms. The maximum absolute atomic E-state index is 13.3. The molecule has 1 fully saturated rings. The Morgan fingerprint density at radius 2 is 1.71 bits per heavy atom. The molecule has 0 radical (unpaired) electrons. The summed E-state index contributed by atoms with van der Waals surface area (Å²) in [6.07, 6.45) is -2.04. The van der Waals surface area contributed by atoms with E-state index in [-0.39, 0.29) is 5.69 Å². The van der Waals surface area contributed by atoms with Crippen LogP contribution in [0.4, 0.5) is 18.9 Å². The zero-order valence-electron chi connectivity index (χ0n) is 11.9. The zero-order chi connectivity index (χ0) is 15.2. The fourth-order valence-electron chi connectivity index (χ4n) is 2.66.